The van der Waals surface area contributed by atoms with Gasteiger partial charge in [0.25, 0.3) is 0 Å². The van der Waals surface area contributed by atoms with E-state index in [2.05, 4.69) is 32.6 Å². The first-order valence-corrected chi connectivity index (χ1v) is 6.37. The van der Waals surface area contributed by atoms with Crippen molar-refractivity contribution in [3.63, 3.8) is 0 Å². The van der Waals surface area contributed by atoms with Gasteiger partial charge < -0.3 is 5.11 Å². The zero-order chi connectivity index (χ0) is 12.3. The molecular formula is C13H25NO2. The fourth-order valence-electron chi connectivity index (χ4n) is 3.06. The second-order valence-electron chi connectivity index (χ2n) is 5.73. The van der Waals surface area contributed by atoms with Crippen molar-refractivity contribution in [1.29, 1.82) is 0 Å². The number of carboxylic acid groups (broad SMARTS) is 1. The van der Waals surface area contributed by atoms with Gasteiger partial charge in [0.15, 0.2) is 0 Å². The van der Waals surface area contributed by atoms with Crippen LogP contribution in [0.15, 0.2) is 0 Å². The standard InChI is InChI=1S/C13H25NO2/c1-9(2)14(8-13(15)16)12-6-10(3)5-11(4)7-12/h9-12H,5-8H2,1-4H3,(H,15,16). The summed E-state index contributed by atoms with van der Waals surface area (Å²) in [6, 6.07) is 0.772. The second kappa shape index (κ2) is 5.67. The summed E-state index contributed by atoms with van der Waals surface area (Å²) in [6.07, 6.45) is 3.58. The smallest absolute Gasteiger partial charge is 0.317 e. The third-order valence-electron chi connectivity index (χ3n) is 3.60. The Morgan fingerprint density at radius 2 is 1.75 bits per heavy atom. The highest BCUT2D eigenvalue weighted by Crippen LogP contribution is 2.32. The predicted octanol–water partition coefficient (Wildman–Crippen LogP) is 2.61. The largest absolute Gasteiger partial charge is 0.480 e. The molecule has 0 bridgehead atoms. The third kappa shape index (κ3) is 3.78. The Kier molecular flexibility index (Phi) is 4.78. The number of nitrogens with zero attached hydrogens (tertiary/aromatic N) is 1. The van der Waals surface area contributed by atoms with E-state index in [0.717, 1.165) is 24.7 Å². The molecule has 0 aliphatic heterocycles. The average molecular weight is 227 g/mol. The van der Waals surface area contributed by atoms with Gasteiger partial charge in [0.1, 0.15) is 0 Å². The van der Waals surface area contributed by atoms with Crippen LogP contribution in [0.1, 0.15) is 47.0 Å². The normalized spacial score (nSPS) is 31.0. The van der Waals surface area contributed by atoms with Gasteiger partial charge in [-0.05, 0) is 44.9 Å². The minimum absolute atomic E-state index is 0.182. The van der Waals surface area contributed by atoms with Crippen molar-refractivity contribution < 1.29 is 9.90 Å². The van der Waals surface area contributed by atoms with E-state index >= 15 is 0 Å². The molecule has 16 heavy (non-hydrogen) atoms. The maximum absolute atomic E-state index is 10.9. The van der Waals surface area contributed by atoms with E-state index in [9.17, 15) is 4.79 Å². The zero-order valence-electron chi connectivity index (χ0n) is 10.9. The first-order valence-electron chi connectivity index (χ1n) is 6.37. The number of aliphatic carboxylic acids is 1. The summed E-state index contributed by atoms with van der Waals surface area (Å²) < 4.78 is 0. The lowest BCUT2D eigenvalue weighted by Crippen LogP contribution is -2.46. The van der Waals surface area contributed by atoms with E-state index in [1.807, 2.05) is 0 Å². The van der Waals surface area contributed by atoms with Gasteiger partial charge in [-0.1, -0.05) is 13.8 Å². The van der Waals surface area contributed by atoms with Crippen LogP contribution in [-0.4, -0.2) is 34.6 Å². The van der Waals surface area contributed by atoms with Gasteiger partial charge in [0.05, 0.1) is 6.54 Å². The minimum Gasteiger partial charge on any atom is -0.480 e. The quantitative estimate of drug-likeness (QED) is 0.802. The number of carboxylic acids is 1. The molecule has 0 amide bonds. The Morgan fingerprint density at radius 3 is 2.12 bits per heavy atom. The molecule has 0 aromatic rings. The SMILES string of the molecule is CC1CC(C)CC(N(CC(=O)O)C(C)C)C1. The van der Waals surface area contributed by atoms with Gasteiger partial charge in [-0.3, -0.25) is 9.69 Å². The van der Waals surface area contributed by atoms with Gasteiger partial charge in [-0.2, -0.15) is 0 Å². The Morgan fingerprint density at radius 1 is 1.25 bits per heavy atom. The van der Waals surface area contributed by atoms with Crippen LogP contribution in [0.4, 0.5) is 0 Å². The van der Waals surface area contributed by atoms with Crippen LogP contribution in [0, 0.1) is 11.8 Å². The Balaban J connectivity index is 2.65. The van der Waals surface area contributed by atoms with Crippen LogP contribution in [0.25, 0.3) is 0 Å². The lowest BCUT2D eigenvalue weighted by atomic mass is 9.79. The molecule has 1 fully saturated rings. The first kappa shape index (κ1) is 13.5. The Hall–Kier alpha value is -0.570. The molecule has 0 aromatic heterocycles. The number of hydrogen-bond acceptors (Lipinski definition) is 2. The summed E-state index contributed by atoms with van der Waals surface area (Å²) in [5, 5.41) is 8.95. The number of hydrogen-bond donors (Lipinski definition) is 1. The molecule has 1 aliphatic rings. The zero-order valence-corrected chi connectivity index (χ0v) is 10.9. The molecule has 1 rings (SSSR count). The van der Waals surface area contributed by atoms with Crippen LogP contribution in [0.3, 0.4) is 0 Å². The molecule has 3 heteroatoms. The maximum Gasteiger partial charge on any atom is 0.317 e. The van der Waals surface area contributed by atoms with Gasteiger partial charge in [-0.15, -0.1) is 0 Å². The molecule has 1 saturated carbocycles. The fraction of sp³-hybridized carbons (Fsp3) is 0.923. The predicted molar refractivity (Wildman–Crippen MR) is 65.4 cm³/mol. The summed E-state index contributed by atoms with van der Waals surface area (Å²) in [4.78, 5) is 13.0. The molecular weight excluding hydrogens is 202 g/mol. The summed E-state index contributed by atoms with van der Waals surface area (Å²) in [7, 11) is 0. The lowest BCUT2D eigenvalue weighted by Gasteiger charge is -2.40. The molecule has 0 spiro atoms. The van der Waals surface area contributed by atoms with Gasteiger partial charge in [-0.25, -0.2) is 0 Å². The summed E-state index contributed by atoms with van der Waals surface area (Å²) >= 11 is 0. The van der Waals surface area contributed by atoms with Gasteiger partial charge in [0.2, 0.25) is 0 Å². The molecule has 2 atom stereocenters. The van der Waals surface area contributed by atoms with Crippen LogP contribution in [0.2, 0.25) is 0 Å². The van der Waals surface area contributed by atoms with Gasteiger partial charge in [0, 0.05) is 12.1 Å². The minimum atomic E-state index is -0.709. The van der Waals surface area contributed by atoms with E-state index < -0.39 is 5.97 Å². The monoisotopic (exact) mass is 227 g/mol. The highest BCUT2D eigenvalue weighted by atomic mass is 16.4. The van der Waals surface area contributed by atoms with E-state index in [1.54, 1.807) is 0 Å². The van der Waals surface area contributed by atoms with E-state index in [-0.39, 0.29) is 6.54 Å². The molecule has 1 N–H and O–H groups in total. The fourth-order valence-corrected chi connectivity index (χ4v) is 3.06. The topological polar surface area (TPSA) is 40.5 Å². The van der Waals surface area contributed by atoms with Crippen LogP contribution >= 0.6 is 0 Å². The van der Waals surface area contributed by atoms with Crippen molar-refractivity contribution in [2.75, 3.05) is 6.54 Å². The van der Waals surface area contributed by atoms with E-state index in [0.29, 0.717) is 12.1 Å². The molecule has 2 unspecified atom stereocenters. The molecule has 0 aromatic carbocycles. The summed E-state index contributed by atoms with van der Waals surface area (Å²) in [5.74, 6) is 0.743. The average Bonchev–Trinajstić information content (AvgIpc) is 2.11. The van der Waals surface area contributed by atoms with Crippen molar-refractivity contribution in [2.45, 2.75) is 59.0 Å². The van der Waals surface area contributed by atoms with Crippen molar-refractivity contribution >= 4 is 5.97 Å². The lowest BCUT2D eigenvalue weighted by molar-refractivity contribution is -0.140. The Labute approximate surface area is 98.8 Å². The summed E-state index contributed by atoms with van der Waals surface area (Å²) in [5.41, 5.74) is 0. The summed E-state index contributed by atoms with van der Waals surface area (Å²) in [6.45, 7) is 8.92. The number of carbonyl (C=O) groups is 1. The van der Waals surface area contributed by atoms with Crippen molar-refractivity contribution in [2.24, 2.45) is 11.8 Å². The van der Waals surface area contributed by atoms with Crippen LogP contribution in [0.5, 0.6) is 0 Å². The molecule has 0 saturated heterocycles. The Bertz CT molecular complexity index is 230. The van der Waals surface area contributed by atoms with Crippen molar-refractivity contribution in [1.82, 2.24) is 4.90 Å². The molecule has 0 radical (unpaired) electrons. The highest BCUT2D eigenvalue weighted by Gasteiger charge is 2.30. The first-order chi connectivity index (χ1) is 7.40. The second-order valence-corrected chi connectivity index (χ2v) is 5.73. The van der Waals surface area contributed by atoms with E-state index in [4.69, 9.17) is 5.11 Å². The van der Waals surface area contributed by atoms with Crippen molar-refractivity contribution in [3.05, 3.63) is 0 Å². The van der Waals surface area contributed by atoms with E-state index in [1.165, 1.54) is 6.42 Å². The number of rotatable bonds is 4. The molecule has 94 valence electrons. The molecule has 1 aliphatic carbocycles. The third-order valence-corrected chi connectivity index (χ3v) is 3.60. The van der Waals surface area contributed by atoms with Crippen LogP contribution in [-0.2, 0) is 4.79 Å². The van der Waals surface area contributed by atoms with Crippen molar-refractivity contribution in [3.8, 4) is 0 Å². The van der Waals surface area contributed by atoms with Gasteiger partial charge >= 0.3 is 5.97 Å². The highest BCUT2D eigenvalue weighted by molar-refractivity contribution is 5.69. The molecule has 0 heterocycles. The molecule has 3 nitrogen and oxygen atoms in total. The maximum atomic E-state index is 10.9. The van der Waals surface area contributed by atoms with Crippen LogP contribution < -0.4 is 0 Å².